The highest BCUT2D eigenvalue weighted by atomic mass is 32.2. The van der Waals surface area contributed by atoms with Crippen molar-refractivity contribution in [1.29, 1.82) is 0 Å². The van der Waals surface area contributed by atoms with Gasteiger partial charge in [-0.1, -0.05) is 25.1 Å². The Morgan fingerprint density at radius 3 is 2.21 bits per heavy atom. The van der Waals surface area contributed by atoms with Crippen LogP contribution in [0.5, 0.6) is 0 Å². The zero-order valence-electron chi connectivity index (χ0n) is 12.3. The van der Waals surface area contributed by atoms with Gasteiger partial charge in [0.05, 0.1) is 4.90 Å². The number of likely N-dealkylation sites (N-methyl/N-ethyl adjacent to an activating group) is 1. The SMILES string of the molecule is CCCN(CCN(C)C)S(=O)(=O)c1ccccc1C. The summed E-state index contributed by atoms with van der Waals surface area (Å²) in [6.07, 6.45) is 0.818. The second kappa shape index (κ2) is 7.03. The van der Waals surface area contributed by atoms with Gasteiger partial charge < -0.3 is 4.90 Å². The molecule has 0 aromatic heterocycles. The van der Waals surface area contributed by atoms with Gasteiger partial charge in [-0.05, 0) is 39.1 Å². The molecule has 5 heteroatoms. The maximum absolute atomic E-state index is 12.7. The van der Waals surface area contributed by atoms with Crippen LogP contribution in [-0.2, 0) is 10.0 Å². The Hall–Kier alpha value is -0.910. The lowest BCUT2D eigenvalue weighted by Crippen LogP contribution is -2.37. The van der Waals surface area contributed by atoms with Gasteiger partial charge in [0, 0.05) is 19.6 Å². The van der Waals surface area contributed by atoms with Gasteiger partial charge in [0.2, 0.25) is 10.0 Å². The highest BCUT2D eigenvalue weighted by Crippen LogP contribution is 2.19. The maximum atomic E-state index is 12.7. The summed E-state index contributed by atoms with van der Waals surface area (Å²) in [5, 5.41) is 0. The molecular formula is C14H24N2O2S. The first-order chi connectivity index (χ1) is 8.89. The van der Waals surface area contributed by atoms with Crippen LogP contribution >= 0.6 is 0 Å². The second-order valence-corrected chi connectivity index (χ2v) is 6.88. The van der Waals surface area contributed by atoms with Gasteiger partial charge in [-0.2, -0.15) is 4.31 Å². The van der Waals surface area contributed by atoms with Crippen molar-refractivity contribution in [2.24, 2.45) is 0 Å². The number of nitrogens with zero attached hydrogens (tertiary/aromatic N) is 2. The molecule has 0 atom stereocenters. The van der Waals surface area contributed by atoms with Crippen molar-refractivity contribution in [3.05, 3.63) is 29.8 Å². The third-order valence-corrected chi connectivity index (χ3v) is 5.04. The van der Waals surface area contributed by atoms with Crippen LogP contribution in [0.4, 0.5) is 0 Å². The lowest BCUT2D eigenvalue weighted by atomic mass is 10.2. The van der Waals surface area contributed by atoms with Gasteiger partial charge >= 0.3 is 0 Å². The smallest absolute Gasteiger partial charge is 0.243 e. The Bertz CT molecular complexity index is 498. The van der Waals surface area contributed by atoms with Gasteiger partial charge in [-0.3, -0.25) is 0 Å². The van der Waals surface area contributed by atoms with E-state index in [9.17, 15) is 8.42 Å². The summed E-state index contributed by atoms with van der Waals surface area (Å²) in [7, 11) is 0.515. The zero-order chi connectivity index (χ0) is 14.5. The van der Waals surface area contributed by atoms with E-state index in [0.717, 1.165) is 18.5 Å². The lowest BCUT2D eigenvalue weighted by molar-refractivity contribution is 0.333. The Morgan fingerprint density at radius 1 is 1.05 bits per heavy atom. The molecule has 4 nitrogen and oxygen atoms in total. The monoisotopic (exact) mass is 284 g/mol. The molecule has 0 unspecified atom stereocenters. The van der Waals surface area contributed by atoms with Gasteiger partial charge in [-0.25, -0.2) is 8.42 Å². The Morgan fingerprint density at radius 2 is 1.68 bits per heavy atom. The summed E-state index contributed by atoms with van der Waals surface area (Å²) < 4.78 is 26.9. The van der Waals surface area contributed by atoms with Crippen LogP contribution in [-0.4, -0.2) is 51.4 Å². The molecule has 0 spiro atoms. The van der Waals surface area contributed by atoms with E-state index in [1.807, 2.05) is 45.0 Å². The first-order valence-electron chi connectivity index (χ1n) is 6.60. The number of rotatable bonds is 7. The molecule has 0 radical (unpaired) electrons. The molecule has 0 amide bonds. The fourth-order valence-electron chi connectivity index (χ4n) is 1.90. The van der Waals surface area contributed by atoms with Crippen molar-refractivity contribution in [1.82, 2.24) is 9.21 Å². The van der Waals surface area contributed by atoms with E-state index >= 15 is 0 Å². The Kier molecular flexibility index (Phi) is 5.97. The van der Waals surface area contributed by atoms with E-state index in [-0.39, 0.29) is 0 Å². The van der Waals surface area contributed by atoms with E-state index in [2.05, 4.69) is 0 Å². The van der Waals surface area contributed by atoms with Crippen LogP contribution in [0, 0.1) is 6.92 Å². The zero-order valence-corrected chi connectivity index (χ0v) is 13.1. The maximum Gasteiger partial charge on any atom is 0.243 e. The summed E-state index contributed by atoms with van der Waals surface area (Å²) in [6.45, 7) is 5.64. The summed E-state index contributed by atoms with van der Waals surface area (Å²) in [6, 6.07) is 7.15. The van der Waals surface area contributed by atoms with Crippen molar-refractivity contribution in [2.45, 2.75) is 25.2 Å². The minimum Gasteiger partial charge on any atom is -0.308 e. The molecule has 0 aliphatic carbocycles. The van der Waals surface area contributed by atoms with E-state index < -0.39 is 10.0 Å². The van der Waals surface area contributed by atoms with Crippen LogP contribution < -0.4 is 0 Å². The van der Waals surface area contributed by atoms with E-state index in [0.29, 0.717) is 18.0 Å². The normalized spacial score (nSPS) is 12.3. The third-order valence-electron chi connectivity index (χ3n) is 2.98. The van der Waals surface area contributed by atoms with Crippen LogP contribution in [0.15, 0.2) is 29.2 Å². The first kappa shape index (κ1) is 16.1. The predicted molar refractivity (Wildman–Crippen MR) is 78.8 cm³/mol. The molecule has 0 aliphatic heterocycles. The molecule has 1 aromatic rings. The quantitative estimate of drug-likeness (QED) is 0.768. The minimum atomic E-state index is -3.38. The molecule has 108 valence electrons. The lowest BCUT2D eigenvalue weighted by Gasteiger charge is -2.24. The molecule has 0 fully saturated rings. The Labute approximate surface area is 117 Å². The van der Waals surface area contributed by atoms with Crippen molar-refractivity contribution < 1.29 is 8.42 Å². The fourth-order valence-corrected chi connectivity index (χ4v) is 3.65. The van der Waals surface area contributed by atoms with Crippen LogP contribution in [0.2, 0.25) is 0 Å². The van der Waals surface area contributed by atoms with Gasteiger partial charge in [0.15, 0.2) is 0 Å². The number of aryl methyl sites for hydroxylation is 1. The summed E-state index contributed by atoms with van der Waals surface area (Å²) in [5.74, 6) is 0. The van der Waals surface area contributed by atoms with Crippen molar-refractivity contribution in [3.63, 3.8) is 0 Å². The van der Waals surface area contributed by atoms with Crippen molar-refractivity contribution in [3.8, 4) is 0 Å². The predicted octanol–water partition coefficient (Wildman–Crippen LogP) is 1.96. The molecular weight excluding hydrogens is 260 g/mol. The second-order valence-electron chi connectivity index (χ2n) is 4.97. The molecule has 1 aromatic carbocycles. The van der Waals surface area contributed by atoms with Crippen molar-refractivity contribution >= 4 is 10.0 Å². The largest absolute Gasteiger partial charge is 0.308 e. The molecule has 1 rings (SSSR count). The molecule has 0 heterocycles. The highest BCUT2D eigenvalue weighted by molar-refractivity contribution is 7.89. The average molecular weight is 284 g/mol. The average Bonchev–Trinajstić information content (AvgIpc) is 2.34. The molecule has 0 bridgehead atoms. The summed E-state index contributed by atoms with van der Waals surface area (Å²) >= 11 is 0. The van der Waals surface area contributed by atoms with Crippen LogP contribution in [0.3, 0.4) is 0 Å². The number of hydrogen-bond donors (Lipinski definition) is 0. The Balaban J connectivity index is 3.03. The standard InChI is InChI=1S/C14H24N2O2S/c1-5-10-16(12-11-15(3)4)19(17,18)14-9-7-6-8-13(14)2/h6-9H,5,10-12H2,1-4H3. The minimum absolute atomic E-state index is 0.419. The van der Waals surface area contributed by atoms with Crippen molar-refractivity contribution in [2.75, 3.05) is 33.7 Å². The van der Waals surface area contributed by atoms with Gasteiger partial charge in [-0.15, -0.1) is 0 Å². The number of hydrogen-bond acceptors (Lipinski definition) is 3. The summed E-state index contributed by atoms with van der Waals surface area (Å²) in [4.78, 5) is 2.41. The fraction of sp³-hybridized carbons (Fsp3) is 0.571. The number of sulfonamides is 1. The van der Waals surface area contributed by atoms with Crippen LogP contribution in [0.25, 0.3) is 0 Å². The van der Waals surface area contributed by atoms with E-state index in [1.165, 1.54) is 0 Å². The summed E-state index contributed by atoms with van der Waals surface area (Å²) in [5.41, 5.74) is 0.799. The highest BCUT2D eigenvalue weighted by Gasteiger charge is 2.24. The van der Waals surface area contributed by atoms with Gasteiger partial charge in [0.25, 0.3) is 0 Å². The van der Waals surface area contributed by atoms with Gasteiger partial charge in [0.1, 0.15) is 0 Å². The molecule has 0 aliphatic rings. The third kappa shape index (κ3) is 4.30. The number of benzene rings is 1. The molecule has 0 N–H and O–H groups in total. The first-order valence-corrected chi connectivity index (χ1v) is 8.04. The van der Waals surface area contributed by atoms with E-state index in [4.69, 9.17) is 0 Å². The van der Waals surface area contributed by atoms with E-state index in [1.54, 1.807) is 16.4 Å². The van der Waals surface area contributed by atoms with Crippen LogP contribution in [0.1, 0.15) is 18.9 Å². The molecule has 0 saturated heterocycles. The topological polar surface area (TPSA) is 40.6 Å². The molecule has 19 heavy (non-hydrogen) atoms. The molecule has 0 saturated carbocycles.